The van der Waals surface area contributed by atoms with Crippen LogP contribution in [-0.2, 0) is 0 Å². The van der Waals surface area contributed by atoms with Crippen LogP contribution in [0.25, 0.3) is 11.3 Å². The largest absolute Gasteiger partial charge is 0.366 e. The molecular formula is C20H23N5O3. The molecule has 1 saturated carbocycles. The number of carbonyl (C=O) groups is 1. The highest BCUT2D eigenvalue weighted by atomic mass is 16.5. The van der Waals surface area contributed by atoms with Crippen molar-refractivity contribution in [3.63, 3.8) is 0 Å². The lowest BCUT2D eigenvalue weighted by atomic mass is 9.85. The number of amides is 2. The first-order chi connectivity index (χ1) is 13.4. The number of hydrogen-bond donors (Lipinski definition) is 3. The standard InChI is InChI=1S/C20H23N5O3/c1-12-2-3-13(10-21-12)16-4-5-17-18(23-16)25(15-6-7-24(17)11-15)19(26)22-14-8-20(27,28)9-14/h2-5,10,14-15,27-28H,6-9,11H2,1H3,(H,22,26)/t15-/m0/s1. The van der Waals surface area contributed by atoms with Crippen LogP contribution in [0.2, 0.25) is 0 Å². The van der Waals surface area contributed by atoms with Gasteiger partial charge in [0, 0.05) is 49.4 Å². The number of aromatic nitrogens is 2. The Balaban J connectivity index is 1.47. The van der Waals surface area contributed by atoms with Gasteiger partial charge in [-0.15, -0.1) is 0 Å². The number of nitrogens with one attached hydrogen (secondary N) is 1. The number of rotatable bonds is 2. The number of hydrogen-bond acceptors (Lipinski definition) is 6. The number of urea groups is 1. The van der Waals surface area contributed by atoms with Crippen molar-refractivity contribution in [3.05, 3.63) is 36.2 Å². The average Bonchev–Trinajstić information content (AvgIpc) is 3.05. The van der Waals surface area contributed by atoms with E-state index in [0.29, 0.717) is 5.82 Å². The molecular weight excluding hydrogens is 358 g/mol. The molecule has 3 N–H and O–H groups in total. The van der Waals surface area contributed by atoms with Crippen LogP contribution < -0.4 is 15.1 Å². The number of pyridine rings is 2. The van der Waals surface area contributed by atoms with Crippen molar-refractivity contribution in [1.29, 1.82) is 0 Å². The van der Waals surface area contributed by atoms with Gasteiger partial charge in [0.25, 0.3) is 0 Å². The second kappa shape index (κ2) is 6.15. The highest BCUT2D eigenvalue weighted by molar-refractivity contribution is 5.97. The SMILES string of the molecule is Cc1ccc(-c2ccc3c(n2)N(C(=O)NC2CC(O)(O)C2)[C@H]2CCN3C2)cn1. The van der Waals surface area contributed by atoms with Gasteiger partial charge in [-0.2, -0.15) is 0 Å². The molecule has 0 unspecified atom stereocenters. The molecule has 1 aliphatic carbocycles. The summed E-state index contributed by atoms with van der Waals surface area (Å²) >= 11 is 0. The minimum absolute atomic E-state index is 0.0690. The molecule has 3 aliphatic rings. The molecule has 5 rings (SSSR count). The highest BCUT2D eigenvalue weighted by Crippen LogP contribution is 2.40. The normalized spacial score (nSPS) is 22.6. The summed E-state index contributed by atoms with van der Waals surface area (Å²) in [5.74, 6) is -1.01. The minimum atomic E-state index is -1.66. The van der Waals surface area contributed by atoms with Crippen molar-refractivity contribution in [2.24, 2.45) is 0 Å². The third-order valence-corrected chi connectivity index (χ3v) is 5.85. The second-order valence-electron chi connectivity index (χ2n) is 8.02. The predicted molar refractivity (Wildman–Crippen MR) is 104 cm³/mol. The van der Waals surface area contributed by atoms with E-state index in [4.69, 9.17) is 4.98 Å². The molecule has 2 aromatic heterocycles. The van der Waals surface area contributed by atoms with Gasteiger partial charge in [0.15, 0.2) is 11.6 Å². The first kappa shape index (κ1) is 17.4. The Hall–Kier alpha value is -2.71. The Morgan fingerprint density at radius 1 is 1.25 bits per heavy atom. The molecule has 146 valence electrons. The summed E-state index contributed by atoms with van der Waals surface area (Å²) in [6, 6.07) is 7.54. The lowest BCUT2D eigenvalue weighted by molar-refractivity contribution is -0.220. The Morgan fingerprint density at radius 3 is 2.79 bits per heavy atom. The van der Waals surface area contributed by atoms with Crippen molar-refractivity contribution in [2.45, 2.75) is 44.1 Å². The zero-order chi connectivity index (χ0) is 19.5. The first-order valence-corrected chi connectivity index (χ1v) is 9.63. The van der Waals surface area contributed by atoms with E-state index in [-0.39, 0.29) is 31.0 Å². The molecule has 2 amide bonds. The summed E-state index contributed by atoms with van der Waals surface area (Å²) in [6.45, 7) is 3.63. The van der Waals surface area contributed by atoms with Gasteiger partial charge in [-0.1, -0.05) is 0 Å². The van der Waals surface area contributed by atoms with E-state index < -0.39 is 5.79 Å². The van der Waals surface area contributed by atoms with Gasteiger partial charge in [0.2, 0.25) is 0 Å². The molecule has 2 fully saturated rings. The molecule has 8 heteroatoms. The fourth-order valence-electron chi connectivity index (χ4n) is 4.33. The maximum atomic E-state index is 13.0. The Morgan fingerprint density at radius 2 is 2.07 bits per heavy atom. The van der Waals surface area contributed by atoms with E-state index in [1.165, 1.54) is 0 Å². The van der Waals surface area contributed by atoms with Crippen molar-refractivity contribution in [3.8, 4) is 11.3 Å². The lowest BCUT2D eigenvalue weighted by Crippen LogP contribution is -2.59. The summed E-state index contributed by atoms with van der Waals surface area (Å²) in [5, 5.41) is 22.0. The predicted octanol–water partition coefficient (Wildman–Crippen LogP) is 1.40. The highest BCUT2D eigenvalue weighted by Gasteiger charge is 2.45. The first-order valence-electron chi connectivity index (χ1n) is 9.63. The third kappa shape index (κ3) is 2.89. The molecule has 4 heterocycles. The number of aryl methyl sites for hydroxylation is 1. The van der Waals surface area contributed by atoms with Gasteiger partial charge in [-0.25, -0.2) is 9.78 Å². The van der Waals surface area contributed by atoms with Crippen LogP contribution in [0.15, 0.2) is 30.5 Å². The molecule has 28 heavy (non-hydrogen) atoms. The van der Waals surface area contributed by atoms with E-state index in [9.17, 15) is 15.0 Å². The van der Waals surface area contributed by atoms with Crippen LogP contribution >= 0.6 is 0 Å². The Kier molecular flexibility index (Phi) is 3.82. The molecule has 1 atom stereocenters. The molecule has 0 spiro atoms. The van der Waals surface area contributed by atoms with Crippen molar-refractivity contribution < 1.29 is 15.0 Å². The van der Waals surface area contributed by atoms with Crippen molar-refractivity contribution in [2.75, 3.05) is 22.9 Å². The molecule has 0 aromatic carbocycles. The second-order valence-corrected chi connectivity index (χ2v) is 8.02. The summed E-state index contributed by atoms with van der Waals surface area (Å²) in [7, 11) is 0. The number of carbonyl (C=O) groups excluding carboxylic acids is 1. The van der Waals surface area contributed by atoms with E-state index >= 15 is 0 Å². The maximum absolute atomic E-state index is 13.0. The van der Waals surface area contributed by atoms with E-state index in [2.05, 4.69) is 15.2 Å². The Bertz CT molecular complexity index is 922. The maximum Gasteiger partial charge on any atom is 0.323 e. The summed E-state index contributed by atoms with van der Waals surface area (Å²) in [5.41, 5.74) is 3.59. The zero-order valence-corrected chi connectivity index (χ0v) is 15.7. The van der Waals surface area contributed by atoms with Gasteiger partial charge in [0.1, 0.15) is 0 Å². The van der Waals surface area contributed by atoms with Crippen LogP contribution in [-0.4, -0.2) is 57.2 Å². The van der Waals surface area contributed by atoms with Crippen molar-refractivity contribution >= 4 is 17.5 Å². The van der Waals surface area contributed by atoms with Gasteiger partial charge >= 0.3 is 6.03 Å². The van der Waals surface area contributed by atoms with Crippen LogP contribution in [0.3, 0.4) is 0 Å². The monoisotopic (exact) mass is 381 g/mol. The van der Waals surface area contributed by atoms with E-state index in [0.717, 1.165) is 42.1 Å². The molecule has 2 aliphatic heterocycles. The molecule has 2 bridgehead atoms. The van der Waals surface area contributed by atoms with Gasteiger partial charge in [-0.05, 0) is 37.6 Å². The van der Waals surface area contributed by atoms with Crippen LogP contribution in [0, 0.1) is 6.92 Å². The number of fused-ring (bicyclic) bond motifs is 4. The summed E-state index contributed by atoms with van der Waals surface area (Å²) in [4.78, 5) is 26.2. The van der Waals surface area contributed by atoms with Gasteiger partial charge < -0.3 is 20.4 Å². The van der Waals surface area contributed by atoms with E-state index in [1.807, 2.05) is 31.2 Å². The van der Waals surface area contributed by atoms with Gasteiger partial charge in [0.05, 0.1) is 17.4 Å². The summed E-state index contributed by atoms with van der Waals surface area (Å²) < 4.78 is 0. The molecule has 1 saturated heterocycles. The number of nitrogens with zero attached hydrogens (tertiary/aromatic N) is 4. The third-order valence-electron chi connectivity index (χ3n) is 5.85. The van der Waals surface area contributed by atoms with Crippen LogP contribution in [0.1, 0.15) is 25.0 Å². The molecule has 8 nitrogen and oxygen atoms in total. The minimum Gasteiger partial charge on any atom is -0.366 e. The van der Waals surface area contributed by atoms with Gasteiger partial charge in [-0.3, -0.25) is 9.88 Å². The molecule has 2 aromatic rings. The average molecular weight is 381 g/mol. The van der Waals surface area contributed by atoms with Crippen molar-refractivity contribution in [1.82, 2.24) is 15.3 Å². The quantitative estimate of drug-likeness (QED) is 0.680. The summed E-state index contributed by atoms with van der Waals surface area (Å²) in [6.07, 6.45) is 2.99. The van der Waals surface area contributed by atoms with Crippen LogP contribution in [0.5, 0.6) is 0 Å². The number of aliphatic hydroxyl groups is 2. The Labute approximate surface area is 162 Å². The smallest absolute Gasteiger partial charge is 0.323 e. The number of anilines is 2. The van der Waals surface area contributed by atoms with E-state index in [1.54, 1.807) is 11.1 Å². The zero-order valence-electron chi connectivity index (χ0n) is 15.7. The fraction of sp³-hybridized carbons (Fsp3) is 0.450. The van der Waals surface area contributed by atoms with Crippen LogP contribution in [0.4, 0.5) is 16.3 Å². The lowest BCUT2D eigenvalue weighted by Gasteiger charge is -2.42. The fourth-order valence-corrected chi connectivity index (χ4v) is 4.33. The molecule has 0 radical (unpaired) electrons. The topological polar surface area (TPSA) is 102 Å².